The van der Waals surface area contributed by atoms with Gasteiger partial charge in [0.15, 0.2) is 0 Å². The number of carbonyl (C=O) groups is 2. The number of rotatable bonds is 2. The largest absolute Gasteiger partial charge is 0.465 e. The molecule has 0 N–H and O–H groups in total. The smallest absolute Gasteiger partial charge is 0.355 e. The fourth-order valence-electron chi connectivity index (χ4n) is 2.74. The summed E-state index contributed by atoms with van der Waals surface area (Å²) in [6, 6.07) is 7.76. The molecule has 0 aromatic heterocycles. The average Bonchev–Trinajstić information content (AvgIpc) is 2.59. The number of nitrogens with zero attached hydrogens (tertiary/aromatic N) is 1. The van der Waals surface area contributed by atoms with Crippen LogP contribution < -0.4 is 0 Å². The lowest BCUT2D eigenvalue weighted by molar-refractivity contribution is -0.140. The van der Waals surface area contributed by atoms with Gasteiger partial charge in [-0.2, -0.15) is 0 Å². The van der Waals surface area contributed by atoms with Crippen LogP contribution in [-0.2, 0) is 19.1 Å². The number of methoxy groups -OCH3 is 2. The molecule has 2 aliphatic rings. The van der Waals surface area contributed by atoms with Crippen molar-refractivity contribution < 1.29 is 19.1 Å². The first-order chi connectivity index (χ1) is 10.7. The van der Waals surface area contributed by atoms with Crippen molar-refractivity contribution in [2.75, 3.05) is 14.2 Å². The second-order valence-electron chi connectivity index (χ2n) is 4.90. The first-order valence-electron chi connectivity index (χ1n) is 6.82. The van der Waals surface area contributed by atoms with Crippen molar-refractivity contribution in [2.24, 2.45) is 0 Å². The summed E-state index contributed by atoms with van der Waals surface area (Å²) >= 11 is 0. The van der Waals surface area contributed by atoms with Gasteiger partial charge in [0.25, 0.3) is 0 Å². The van der Waals surface area contributed by atoms with Gasteiger partial charge in [0.05, 0.1) is 25.8 Å². The molecule has 5 heteroatoms. The van der Waals surface area contributed by atoms with Crippen LogP contribution in [0.25, 0.3) is 6.08 Å². The summed E-state index contributed by atoms with van der Waals surface area (Å²) in [5.41, 5.74) is 2.52. The van der Waals surface area contributed by atoms with Gasteiger partial charge in [0.1, 0.15) is 5.70 Å². The maximum absolute atomic E-state index is 12.2. The van der Waals surface area contributed by atoms with Crippen LogP contribution in [0.15, 0.2) is 53.9 Å². The molecule has 0 spiro atoms. The van der Waals surface area contributed by atoms with Gasteiger partial charge < -0.3 is 14.4 Å². The molecular formula is C17H15NO4. The molecule has 3 rings (SSSR count). The molecule has 0 amide bonds. The zero-order valence-corrected chi connectivity index (χ0v) is 12.3. The SMILES string of the molecule is COC(=O)C1=C(C(=O)OC)N2C=Cc3ccccc3C2C=C1. The minimum Gasteiger partial charge on any atom is -0.465 e. The Bertz CT molecular complexity index is 730. The fraction of sp³-hybridized carbons (Fsp3) is 0.176. The van der Waals surface area contributed by atoms with Crippen LogP contribution in [0.4, 0.5) is 0 Å². The highest BCUT2D eigenvalue weighted by Crippen LogP contribution is 2.38. The van der Waals surface area contributed by atoms with Crippen molar-refractivity contribution in [3.63, 3.8) is 0 Å². The molecule has 0 fully saturated rings. The van der Waals surface area contributed by atoms with E-state index in [0.717, 1.165) is 11.1 Å². The molecule has 5 nitrogen and oxygen atoms in total. The number of ether oxygens (including phenoxy) is 2. The van der Waals surface area contributed by atoms with Crippen LogP contribution in [0.2, 0.25) is 0 Å². The monoisotopic (exact) mass is 297 g/mol. The molecule has 0 bridgehead atoms. The van der Waals surface area contributed by atoms with Crippen molar-refractivity contribution in [1.82, 2.24) is 4.90 Å². The molecule has 0 radical (unpaired) electrons. The van der Waals surface area contributed by atoms with Crippen LogP contribution in [0.3, 0.4) is 0 Å². The third kappa shape index (κ3) is 2.11. The van der Waals surface area contributed by atoms with Gasteiger partial charge in [-0.3, -0.25) is 0 Å². The van der Waals surface area contributed by atoms with Gasteiger partial charge in [-0.05, 0) is 23.3 Å². The number of hydrogen-bond acceptors (Lipinski definition) is 5. The molecule has 2 aliphatic heterocycles. The van der Waals surface area contributed by atoms with Crippen molar-refractivity contribution in [3.05, 3.63) is 65.0 Å². The number of hydrogen-bond donors (Lipinski definition) is 0. The van der Waals surface area contributed by atoms with Crippen molar-refractivity contribution in [3.8, 4) is 0 Å². The Labute approximate surface area is 128 Å². The first-order valence-corrected chi connectivity index (χ1v) is 6.82. The number of fused-ring (bicyclic) bond motifs is 3. The molecular weight excluding hydrogens is 282 g/mol. The topological polar surface area (TPSA) is 55.8 Å². The van der Waals surface area contributed by atoms with E-state index < -0.39 is 11.9 Å². The van der Waals surface area contributed by atoms with E-state index in [9.17, 15) is 9.59 Å². The lowest BCUT2D eigenvalue weighted by Gasteiger charge is -2.36. The predicted molar refractivity (Wildman–Crippen MR) is 80.3 cm³/mol. The van der Waals surface area contributed by atoms with E-state index in [2.05, 4.69) is 0 Å². The molecule has 0 saturated heterocycles. The normalized spacial score (nSPS) is 18.6. The van der Waals surface area contributed by atoms with Crippen LogP contribution in [0.1, 0.15) is 17.2 Å². The number of esters is 2. The van der Waals surface area contributed by atoms with Crippen LogP contribution in [-0.4, -0.2) is 31.1 Å². The summed E-state index contributed by atoms with van der Waals surface area (Å²) in [5, 5.41) is 0. The summed E-state index contributed by atoms with van der Waals surface area (Å²) < 4.78 is 9.59. The summed E-state index contributed by atoms with van der Waals surface area (Å²) in [5.74, 6) is -1.14. The highest BCUT2D eigenvalue weighted by atomic mass is 16.5. The lowest BCUT2D eigenvalue weighted by Crippen LogP contribution is -2.34. The van der Waals surface area contributed by atoms with E-state index in [4.69, 9.17) is 9.47 Å². The fourth-order valence-corrected chi connectivity index (χ4v) is 2.74. The zero-order chi connectivity index (χ0) is 15.7. The Balaban J connectivity index is 2.13. The zero-order valence-electron chi connectivity index (χ0n) is 12.3. The molecule has 1 aromatic rings. The quantitative estimate of drug-likeness (QED) is 0.783. The highest BCUT2D eigenvalue weighted by molar-refractivity contribution is 6.02. The van der Waals surface area contributed by atoms with Gasteiger partial charge in [0.2, 0.25) is 0 Å². The van der Waals surface area contributed by atoms with Crippen LogP contribution in [0, 0.1) is 0 Å². The molecule has 22 heavy (non-hydrogen) atoms. The molecule has 0 saturated carbocycles. The van der Waals surface area contributed by atoms with Gasteiger partial charge in [0, 0.05) is 6.20 Å². The van der Waals surface area contributed by atoms with Gasteiger partial charge in [-0.15, -0.1) is 0 Å². The Morgan fingerprint density at radius 1 is 1.05 bits per heavy atom. The van der Waals surface area contributed by atoms with E-state index >= 15 is 0 Å². The Morgan fingerprint density at radius 2 is 1.77 bits per heavy atom. The van der Waals surface area contributed by atoms with Crippen molar-refractivity contribution in [1.29, 1.82) is 0 Å². The lowest BCUT2D eigenvalue weighted by atomic mass is 9.91. The first kappa shape index (κ1) is 14.1. The minimum atomic E-state index is -0.571. The second kappa shape index (κ2) is 5.52. The summed E-state index contributed by atoms with van der Waals surface area (Å²) in [7, 11) is 2.57. The molecule has 1 aromatic carbocycles. The molecule has 112 valence electrons. The second-order valence-corrected chi connectivity index (χ2v) is 4.90. The minimum absolute atomic E-state index is 0.149. The third-order valence-electron chi connectivity index (χ3n) is 3.77. The molecule has 1 atom stereocenters. The van der Waals surface area contributed by atoms with Gasteiger partial charge in [-0.25, -0.2) is 9.59 Å². The number of carbonyl (C=O) groups excluding carboxylic acids is 2. The molecule has 2 heterocycles. The van der Waals surface area contributed by atoms with E-state index in [-0.39, 0.29) is 17.3 Å². The van der Waals surface area contributed by atoms with Crippen LogP contribution >= 0.6 is 0 Å². The maximum Gasteiger partial charge on any atom is 0.355 e. The number of benzene rings is 1. The van der Waals surface area contributed by atoms with Crippen molar-refractivity contribution >= 4 is 18.0 Å². The summed E-state index contributed by atoms with van der Waals surface area (Å²) in [4.78, 5) is 25.8. The van der Waals surface area contributed by atoms with Crippen molar-refractivity contribution in [2.45, 2.75) is 6.04 Å². The van der Waals surface area contributed by atoms with Gasteiger partial charge >= 0.3 is 11.9 Å². The van der Waals surface area contributed by atoms with E-state index in [1.54, 1.807) is 17.2 Å². The Morgan fingerprint density at radius 3 is 2.50 bits per heavy atom. The Kier molecular flexibility index (Phi) is 3.55. The standard InChI is InChI=1S/C17H15NO4/c1-21-16(19)13-7-8-14-12-6-4-3-5-11(12)9-10-18(14)15(13)17(20)22-2/h3-10,14H,1-2H3. The maximum atomic E-state index is 12.2. The summed E-state index contributed by atoms with van der Waals surface area (Å²) in [6.07, 6.45) is 7.19. The third-order valence-corrected chi connectivity index (χ3v) is 3.77. The molecule has 1 unspecified atom stereocenters. The van der Waals surface area contributed by atoms with E-state index in [1.807, 2.05) is 36.4 Å². The Hall–Kier alpha value is -2.82. The van der Waals surface area contributed by atoms with E-state index in [1.165, 1.54) is 14.2 Å². The summed E-state index contributed by atoms with van der Waals surface area (Å²) in [6.45, 7) is 0. The average molecular weight is 297 g/mol. The highest BCUT2D eigenvalue weighted by Gasteiger charge is 2.34. The van der Waals surface area contributed by atoms with E-state index in [0.29, 0.717) is 0 Å². The predicted octanol–water partition coefficient (Wildman–Crippen LogP) is 2.18. The molecule has 0 aliphatic carbocycles. The van der Waals surface area contributed by atoms with Crippen LogP contribution in [0.5, 0.6) is 0 Å². The van der Waals surface area contributed by atoms with Gasteiger partial charge in [-0.1, -0.05) is 30.3 Å².